The first-order chi connectivity index (χ1) is 10.7. The molecule has 0 aromatic heterocycles. The Labute approximate surface area is 131 Å². The molecular weight excluding hydrogens is 274 g/mol. The van der Waals surface area contributed by atoms with Gasteiger partial charge >= 0.3 is 5.97 Å². The van der Waals surface area contributed by atoms with Gasteiger partial charge in [-0.25, -0.2) is 0 Å². The predicted molar refractivity (Wildman–Crippen MR) is 86.3 cm³/mol. The van der Waals surface area contributed by atoms with Crippen molar-refractivity contribution < 1.29 is 9.53 Å². The van der Waals surface area contributed by atoms with Crippen LogP contribution in [0.15, 0.2) is 60.7 Å². The number of carbonyl (C=O) groups excluding carboxylic acids is 1. The van der Waals surface area contributed by atoms with Gasteiger partial charge in [0.1, 0.15) is 6.10 Å². The van der Waals surface area contributed by atoms with Gasteiger partial charge < -0.3 is 10.5 Å². The number of benzene rings is 2. The number of carbonyl (C=O) groups is 1. The summed E-state index contributed by atoms with van der Waals surface area (Å²) in [6.07, 6.45) is 1.99. The minimum absolute atomic E-state index is 0.0748. The van der Waals surface area contributed by atoms with Gasteiger partial charge in [-0.3, -0.25) is 4.79 Å². The van der Waals surface area contributed by atoms with E-state index in [1.54, 1.807) is 0 Å². The van der Waals surface area contributed by atoms with Crippen LogP contribution in [-0.4, -0.2) is 18.1 Å². The van der Waals surface area contributed by atoms with Crippen molar-refractivity contribution in [2.75, 3.05) is 0 Å². The second-order valence-electron chi connectivity index (χ2n) is 5.95. The third-order valence-corrected chi connectivity index (χ3v) is 4.23. The first kappa shape index (κ1) is 14.8. The zero-order valence-corrected chi connectivity index (χ0v) is 12.5. The Bertz CT molecular complexity index is 612. The summed E-state index contributed by atoms with van der Waals surface area (Å²) >= 11 is 0. The van der Waals surface area contributed by atoms with Gasteiger partial charge in [0.05, 0.1) is 5.92 Å². The summed E-state index contributed by atoms with van der Waals surface area (Å²) in [7, 11) is 0. The minimum atomic E-state index is -0.179. The van der Waals surface area contributed by atoms with Crippen LogP contribution in [0.2, 0.25) is 0 Å². The van der Waals surface area contributed by atoms with Crippen LogP contribution in [-0.2, 0) is 22.4 Å². The van der Waals surface area contributed by atoms with Crippen LogP contribution in [0.4, 0.5) is 0 Å². The zero-order valence-electron chi connectivity index (χ0n) is 12.5. The summed E-state index contributed by atoms with van der Waals surface area (Å²) in [5.41, 5.74) is 8.60. The smallest absolute Gasteiger partial charge is 0.309 e. The van der Waals surface area contributed by atoms with E-state index in [0.717, 1.165) is 12.8 Å². The summed E-state index contributed by atoms with van der Waals surface area (Å²) in [6.45, 7) is 0. The van der Waals surface area contributed by atoms with E-state index >= 15 is 0 Å². The molecule has 0 radical (unpaired) electrons. The molecule has 0 aliphatic carbocycles. The molecule has 2 aromatic carbocycles. The fraction of sp³-hybridized carbons (Fsp3) is 0.316. The van der Waals surface area contributed by atoms with Crippen molar-refractivity contribution in [1.29, 1.82) is 0 Å². The highest BCUT2D eigenvalue weighted by molar-refractivity contribution is 5.75. The van der Waals surface area contributed by atoms with Gasteiger partial charge in [-0.15, -0.1) is 0 Å². The molecule has 3 unspecified atom stereocenters. The highest BCUT2D eigenvalue weighted by Gasteiger charge is 2.37. The second kappa shape index (κ2) is 6.75. The Hall–Kier alpha value is -2.13. The lowest BCUT2D eigenvalue weighted by Gasteiger charge is -2.18. The molecule has 0 amide bonds. The molecule has 3 atom stereocenters. The number of cyclic esters (lactones) is 1. The van der Waals surface area contributed by atoms with Crippen molar-refractivity contribution in [1.82, 2.24) is 0 Å². The zero-order chi connectivity index (χ0) is 15.4. The van der Waals surface area contributed by atoms with Crippen molar-refractivity contribution >= 4 is 5.97 Å². The largest absolute Gasteiger partial charge is 0.460 e. The van der Waals surface area contributed by atoms with Crippen molar-refractivity contribution in [2.24, 2.45) is 11.7 Å². The fourth-order valence-electron chi connectivity index (χ4n) is 3.02. The Balaban J connectivity index is 1.59. The van der Waals surface area contributed by atoms with Crippen LogP contribution in [0.25, 0.3) is 0 Å². The average Bonchev–Trinajstić information content (AvgIpc) is 2.90. The molecule has 0 spiro atoms. The van der Waals surface area contributed by atoms with Gasteiger partial charge in [0, 0.05) is 6.04 Å². The van der Waals surface area contributed by atoms with E-state index in [2.05, 4.69) is 12.1 Å². The monoisotopic (exact) mass is 295 g/mol. The van der Waals surface area contributed by atoms with Crippen LogP contribution in [0.5, 0.6) is 0 Å². The standard InChI is InChI=1S/C19H21NO2/c20-17(12-15-9-5-2-6-10-15)18-13-16(19(21)22-18)11-14-7-3-1-4-8-14/h1-10,16-18H,11-13,20H2. The predicted octanol–water partition coefficient (Wildman–Crippen LogP) is 2.73. The second-order valence-corrected chi connectivity index (χ2v) is 5.95. The number of hydrogen-bond acceptors (Lipinski definition) is 3. The Morgan fingerprint density at radius 2 is 1.59 bits per heavy atom. The van der Waals surface area contributed by atoms with Gasteiger partial charge in [0.15, 0.2) is 0 Å². The van der Waals surface area contributed by atoms with Crippen LogP contribution < -0.4 is 5.73 Å². The van der Waals surface area contributed by atoms with Crippen molar-refractivity contribution in [3.8, 4) is 0 Å². The summed E-state index contributed by atoms with van der Waals surface area (Å²) < 4.78 is 5.52. The summed E-state index contributed by atoms with van der Waals surface area (Å²) in [5.74, 6) is -0.188. The number of hydrogen-bond donors (Lipinski definition) is 1. The van der Waals surface area contributed by atoms with E-state index in [9.17, 15) is 4.79 Å². The number of rotatable bonds is 5. The molecule has 0 saturated carbocycles. The maximum absolute atomic E-state index is 12.1. The van der Waals surface area contributed by atoms with Crippen LogP contribution in [0, 0.1) is 5.92 Å². The van der Waals surface area contributed by atoms with Crippen LogP contribution in [0.1, 0.15) is 17.5 Å². The van der Waals surface area contributed by atoms with Gasteiger partial charge in [0.2, 0.25) is 0 Å². The van der Waals surface area contributed by atoms with Gasteiger partial charge in [-0.05, 0) is 30.4 Å². The SMILES string of the molecule is NC(Cc1ccccc1)C1CC(Cc2ccccc2)C(=O)O1. The average molecular weight is 295 g/mol. The maximum atomic E-state index is 12.1. The van der Waals surface area contributed by atoms with Crippen molar-refractivity contribution in [2.45, 2.75) is 31.4 Å². The van der Waals surface area contributed by atoms with E-state index in [4.69, 9.17) is 10.5 Å². The quantitative estimate of drug-likeness (QED) is 0.863. The molecule has 3 rings (SSSR count). The number of ether oxygens (including phenoxy) is 1. The normalized spacial score (nSPS) is 22.3. The molecule has 0 bridgehead atoms. The molecule has 1 fully saturated rings. The van der Waals surface area contributed by atoms with E-state index in [1.165, 1.54) is 11.1 Å². The van der Waals surface area contributed by atoms with Gasteiger partial charge in [0.25, 0.3) is 0 Å². The molecule has 1 saturated heterocycles. The number of esters is 1. The third-order valence-electron chi connectivity index (χ3n) is 4.23. The first-order valence-electron chi connectivity index (χ1n) is 7.76. The summed E-state index contributed by atoms with van der Waals surface area (Å²) in [6, 6.07) is 20.0. The first-order valence-corrected chi connectivity index (χ1v) is 7.76. The molecule has 3 heteroatoms. The molecular formula is C19H21NO2. The molecule has 1 heterocycles. The molecule has 1 aliphatic heterocycles. The minimum Gasteiger partial charge on any atom is -0.460 e. The van der Waals surface area contributed by atoms with Gasteiger partial charge in [-0.2, -0.15) is 0 Å². The van der Waals surface area contributed by atoms with Gasteiger partial charge in [-0.1, -0.05) is 60.7 Å². The number of nitrogens with two attached hydrogens (primary N) is 1. The molecule has 1 aliphatic rings. The Kier molecular flexibility index (Phi) is 4.54. The summed E-state index contributed by atoms with van der Waals surface area (Å²) in [4.78, 5) is 12.1. The van der Waals surface area contributed by atoms with Crippen molar-refractivity contribution in [3.63, 3.8) is 0 Å². The molecule has 22 heavy (non-hydrogen) atoms. The lowest BCUT2D eigenvalue weighted by atomic mass is 9.92. The molecule has 2 aromatic rings. The highest BCUT2D eigenvalue weighted by atomic mass is 16.6. The Morgan fingerprint density at radius 1 is 1.00 bits per heavy atom. The molecule has 2 N–H and O–H groups in total. The third kappa shape index (κ3) is 3.55. The lowest BCUT2D eigenvalue weighted by molar-refractivity contribution is -0.144. The van der Waals surface area contributed by atoms with E-state index < -0.39 is 0 Å². The Morgan fingerprint density at radius 3 is 2.23 bits per heavy atom. The molecule has 114 valence electrons. The maximum Gasteiger partial charge on any atom is 0.309 e. The topological polar surface area (TPSA) is 52.3 Å². The highest BCUT2D eigenvalue weighted by Crippen LogP contribution is 2.27. The van der Waals surface area contributed by atoms with Crippen LogP contribution >= 0.6 is 0 Å². The van der Waals surface area contributed by atoms with E-state index in [-0.39, 0.29) is 24.0 Å². The van der Waals surface area contributed by atoms with Crippen LogP contribution in [0.3, 0.4) is 0 Å². The van der Waals surface area contributed by atoms with E-state index in [1.807, 2.05) is 48.5 Å². The van der Waals surface area contributed by atoms with Crippen molar-refractivity contribution in [3.05, 3.63) is 71.8 Å². The fourth-order valence-corrected chi connectivity index (χ4v) is 3.02. The van der Waals surface area contributed by atoms with E-state index in [0.29, 0.717) is 6.42 Å². The summed E-state index contributed by atoms with van der Waals surface area (Å²) in [5, 5.41) is 0. The lowest BCUT2D eigenvalue weighted by Crippen LogP contribution is -2.36. The molecule has 3 nitrogen and oxygen atoms in total.